The molecule has 0 aliphatic rings. The third-order valence-corrected chi connectivity index (χ3v) is 3.43. The van der Waals surface area contributed by atoms with Crippen LogP contribution in [0.3, 0.4) is 0 Å². The predicted octanol–water partition coefficient (Wildman–Crippen LogP) is 4.67. The Balaban J connectivity index is 1.97. The van der Waals surface area contributed by atoms with Gasteiger partial charge in [0.05, 0.1) is 10.0 Å². The summed E-state index contributed by atoms with van der Waals surface area (Å²) in [6, 6.07) is 12.5. The van der Waals surface area contributed by atoms with Crippen molar-refractivity contribution in [3.63, 3.8) is 0 Å². The smallest absolute Gasteiger partial charge is 0.328 e. The first-order valence-electron chi connectivity index (χ1n) is 6.12. The fourth-order valence-corrected chi connectivity index (χ4v) is 1.91. The molecule has 21 heavy (non-hydrogen) atoms. The van der Waals surface area contributed by atoms with E-state index >= 15 is 0 Å². The molecule has 0 fully saturated rings. The number of halogens is 2. The van der Waals surface area contributed by atoms with Crippen LogP contribution in [-0.2, 0) is 11.4 Å². The van der Waals surface area contributed by atoms with E-state index in [1.54, 1.807) is 18.2 Å². The predicted molar refractivity (Wildman–Crippen MR) is 83.9 cm³/mol. The first-order valence-corrected chi connectivity index (χ1v) is 6.88. The zero-order chi connectivity index (χ0) is 15.2. The maximum Gasteiger partial charge on any atom is 0.328 e. The number of carboxylic acid groups (broad SMARTS) is 1. The lowest BCUT2D eigenvalue weighted by Gasteiger charge is -2.07. The molecule has 2 aromatic rings. The van der Waals surface area contributed by atoms with Crippen LogP contribution in [0.15, 0.2) is 48.5 Å². The van der Waals surface area contributed by atoms with Crippen molar-refractivity contribution in [3.05, 3.63) is 69.7 Å². The van der Waals surface area contributed by atoms with Crippen LogP contribution in [0, 0.1) is 0 Å². The van der Waals surface area contributed by atoms with Crippen LogP contribution in [0.1, 0.15) is 11.1 Å². The second kappa shape index (κ2) is 7.16. The average molecular weight is 323 g/mol. The van der Waals surface area contributed by atoms with Crippen LogP contribution in [-0.4, -0.2) is 11.1 Å². The standard InChI is InChI=1S/C16H12Cl2O3/c17-14-7-6-13(9-15(14)18)21-10-12-3-1-11(2-4-12)5-8-16(19)20/h1-9H,10H2,(H,19,20). The molecule has 0 atom stereocenters. The van der Waals surface area contributed by atoms with Gasteiger partial charge in [-0.2, -0.15) is 0 Å². The minimum atomic E-state index is -0.970. The molecule has 0 heterocycles. The van der Waals surface area contributed by atoms with Crippen LogP contribution in [0.25, 0.3) is 6.08 Å². The Kier molecular flexibility index (Phi) is 5.26. The summed E-state index contributed by atoms with van der Waals surface area (Å²) in [5.74, 6) is -0.332. The van der Waals surface area contributed by atoms with Gasteiger partial charge in [0.2, 0.25) is 0 Å². The van der Waals surface area contributed by atoms with Gasteiger partial charge in [-0.3, -0.25) is 0 Å². The van der Waals surface area contributed by atoms with Crippen LogP contribution in [0.2, 0.25) is 10.0 Å². The number of carbonyl (C=O) groups is 1. The summed E-state index contributed by atoms with van der Waals surface area (Å²) >= 11 is 11.7. The highest BCUT2D eigenvalue weighted by Crippen LogP contribution is 2.26. The van der Waals surface area contributed by atoms with Crippen molar-refractivity contribution in [2.24, 2.45) is 0 Å². The SMILES string of the molecule is O=C(O)C=Cc1ccc(COc2ccc(Cl)c(Cl)c2)cc1. The molecule has 0 unspecified atom stereocenters. The molecule has 0 bridgehead atoms. The van der Waals surface area contributed by atoms with Gasteiger partial charge in [-0.15, -0.1) is 0 Å². The van der Waals surface area contributed by atoms with Crippen molar-refractivity contribution >= 4 is 35.2 Å². The first-order chi connectivity index (χ1) is 10.0. The third-order valence-electron chi connectivity index (χ3n) is 2.69. The Morgan fingerprint density at radius 3 is 2.43 bits per heavy atom. The third kappa shape index (κ3) is 4.81. The van der Waals surface area contributed by atoms with Gasteiger partial charge in [-0.25, -0.2) is 4.79 Å². The molecule has 2 rings (SSSR count). The Morgan fingerprint density at radius 1 is 1.10 bits per heavy atom. The van der Waals surface area contributed by atoms with E-state index in [9.17, 15) is 4.79 Å². The first kappa shape index (κ1) is 15.4. The monoisotopic (exact) mass is 322 g/mol. The molecule has 2 aromatic carbocycles. The highest BCUT2D eigenvalue weighted by Gasteiger charge is 2.01. The molecule has 108 valence electrons. The number of benzene rings is 2. The maximum absolute atomic E-state index is 10.4. The molecule has 0 radical (unpaired) electrons. The second-order valence-corrected chi connectivity index (χ2v) is 5.09. The zero-order valence-corrected chi connectivity index (χ0v) is 12.4. The van der Waals surface area contributed by atoms with E-state index in [0.717, 1.165) is 17.2 Å². The van der Waals surface area contributed by atoms with E-state index in [1.807, 2.05) is 24.3 Å². The van der Waals surface area contributed by atoms with Crippen molar-refractivity contribution in [1.29, 1.82) is 0 Å². The molecular weight excluding hydrogens is 311 g/mol. The lowest BCUT2D eigenvalue weighted by molar-refractivity contribution is -0.131. The Labute approximate surface area is 132 Å². The molecule has 0 aromatic heterocycles. The van der Waals surface area contributed by atoms with E-state index in [-0.39, 0.29) is 0 Å². The summed E-state index contributed by atoms with van der Waals surface area (Å²) in [4.78, 5) is 10.4. The number of hydrogen-bond donors (Lipinski definition) is 1. The van der Waals surface area contributed by atoms with E-state index in [0.29, 0.717) is 22.4 Å². The van der Waals surface area contributed by atoms with E-state index < -0.39 is 5.97 Å². The number of hydrogen-bond acceptors (Lipinski definition) is 2. The van der Waals surface area contributed by atoms with Crippen LogP contribution < -0.4 is 4.74 Å². The molecule has 0 aliphatic carbocycles. The summed E-state index contributed by atoms with van der Waals surface area (Å²) in [7, 11) is 0. The zero-order valence-electron chi connectivity index (χ0n) is 10.9. The van der Waals surface area contributed by atoms with Crippen LogP contribution >= 0.6 is 23.2 Å². The molecular formula is C16H12Cl2O3. The molecule has 0 saturated carbocycles. The van der Waals surface area contributed by atoms with Gasteiger partial charge in [-0.05, 0) is 29.3 Å². The minimum Gasteiger partial charge on any atom is -0.489 e. The molecule has 0 amide bonds. The maximum atomic E-state index is 10.4. The molecule has 1 N–H and O–H groups in total. The fraction of sp³-hybridized carbons (Fsp3) is 0.0625. The second-order valence-electron chi connectivity index (χ2n) is 4.28. The lowest BCUT2D eigenvalue weighted by Crippen LogP contribution is -1.95. The van der Waals surface area contributed by atoms with E-state index in [4.69, 9.17) is 33.0 Å². The molecule has 0 spiro atoms. The Hall–Kier alpha value is -1.97. The normalized spacial score (nSPS) is 10.8. The van der Waals surface area contributed by atoms with Crippen molar-refractivity contribution in [2.45, 2.75) is 6.61 Å². The Morgan fingerprint density at radius 2 is 1.81 bits per heavy atom. The fourth-order valence-electron chi connectivity index (χ4n) is 1.63. The van der Waals surface area contributed by atoms with Gasteiger partial charge in [0.1, 0.15) is 12.4 Å². The molecule has 3 nitrogen and oxygen atoms in total. The summed E-state index contributed by atoms with van der Waals surface area (Å²) in [6.07, 6.45) is 2.63. The minimum absolute atomic E-state index is 0.390. The van der Waals surface area contributed by atoms with Gasteiger partial charge in [0.15, 0.2) is 0 Å². The van der Waals surface area contributed by atoms with Gasteiger partial charge >= 0.3 is 5.97 Å². The molecule has 5 heteroatoms. The lowest BCUT2D eigenvalue weighted by atomic mass is 10.1. The summed E-state index contributed by atoms with van der Waals surface area (Å²) in [5, 5.41) is 9.49. The molecule has 0 saturated heterocycles. The number of ether oxygens (including phenoxy) is 1. The number of aliphatic carboxylic acids is 1. The van der Waals surface area contributed by atoms with Crippen molar-refractivity contribution < 1.29 is 14.6 Å². The van der Waals surface area contributed by atoms with E-state index in [2.05, 4.69) is 0 Å². The van der Waals surface area contributed by atoms with Crippen LogP contribution in [0.5, 0.6) is 5.75 Å². The quantitative estimate of drug-likeness (QED) is 0.813. The van der Waals surface area contributed by atoms with Gasteiger partial charge < -0.3 is 9.84 Å². The number of rotatable bonds is 5. The summed E-state index contributed by atoms with van der Waals surface area (Å²) in [5.41, 5.74) is 1.78. The van der Waals surface area contributed by atoms with Crippen LogP contribution in [0.4, 0.5) is 0 Å². The Bertz CT molecular complexity index is 664. The van der Waals surface area contributed by atoms with E-state index in [1.165, 1.54) is 6.08 Å². The topological polar surface area (TPSA) is 46.5 Å². The van der Waals surface area contributed by atoms with Gasteiger partial charge in [0, 0.05) is 12.1 Å². The number of carboxylic acids is 1. The largest absolute Gasteiger partial charge is 0.489 e. The van der Waals surface area contributed by atoms with Crippen molar-refractivity contribution in [2.75, 3.05) is 0 Å². The molecule has 0 aliphatic heterocycles. The summed E-state index contributed by atoms with van der Waals surface area (Å²) < 4.78 is 5.61. The highest BCUT2D eigenvalue weighted by molar-refractivity contribution is 6.42. The summed E-state index contributed by atoms with van der Waals surface area (Å²) in [6.45, 7) is 0.390. The highest BCUT2D eigenvalue weighted by atomic mass is 35.5. The average Bonchev–Trinajstić information content (AvgIpc) is 2.47. The van der Waals surface area contributed by atoms with Gasteiger partial charge in [0.25, 0.3) is 0 Å². The van der Waals surface area contributed by atoms with Gasteiger partial charge in [-0.1, -0.05) is 47.5 Å². The van der Waals surface area contributed by atoms with Crippen molar-refractivity contribution in [3.8, 4) is 5.75 Å². The van der Waals surface area contributed by atoms with Crippen molar-refractivity contribution in [1.82, 2.24) is 0 Å².